The number of carbonyl (C=O) groups is 2. The molecule has 9 heteroatoms. The summed E-state index contributed by atoms with van der Waals surface area (Å²) in [4.78, 5) is 23.9. The molecule has 0 aliphatic carbocycles. The number of benzene rings is 2. The van der Waals surface area contributed by atoms with Crippen molar-refractivity contribution in [3.05, 3.63) is 65.7 Å². The Balaban J connectivity index is 1.90. The first-order chi connectivity index (χ1) is 13.8. The molecule has 1 amide bonds. The van der Waals surface area contributed by atoms with Crippen LogP contribution in [0.5, 0.6) is 5.75 Å². The van der Waals surface area contributed by atoms with Crippen molar-refractivity contribution in [2.24, 2.45) is 5.92 Å². The van der Waals surface area contributed by atoms with Gasteiger partial charge in [0.15, 0.2) is 0 Å². The Morgan fingerprint density at radius 2 is 1.66 bits per heavy atom. The molecule has 0 heterocycles. The number of hydrogen-bond acceptors (Lipinski definition) is 7. The predicted molar refractivity (Wildman–Crippen MR) is 106 cm³/mol. The lowest BCUT2D eigenvalue weighted by molar-refractivity contribution is -0.145. The molecule has 156 valence electrons. The van der Waals surface area contributed by atoms with Gasteiger partial charge in [-0.15, -0.1) is 0 Å². The van der Waals surface area contributed by atoms with E-state index in [0.29, 0.717) is 0 Å². The van der Waals surface area contributed by atoms with E-state index in [1.807, 2.05) is 30.3 Å². The summed E-state index contributed by atoms with van der Waals surface area (Å²) >= 11 is 0. The summed E-state index contributed by atoms with van der Waals surface area (Å²) in [6.07, 6.45) is 0.598. The van der Waals surface area contributed by atoms with E-state index in [0.717, 1.165) is 17.4 Å². The van der Waals surface area contributed by atoms with Gasteiger partial charge in [0.1, 0.15) is 12.4 Å². The molecule has 0 aliphatic heterocycles. The zero-order valence-corrected chi connectivity index (χ0v) is 17.0. The number of amides is 1. The van der Waals surface area contributed by atoms with Crippen LogP contribution in [-0.4, -0.2) is 40.4 Å². The fraction of sp³-hybridized carbons (Fsp3) is 0.300. The number of esters is 1. The zero-order valence-electron chi connectivity index (χ0n) is 16.2. The molecule has 1 atom stereocenters. The van der Waals surface area contributed by atoms with E-state index >= 15 is 0 Å². The van der Waals surface area contributed by atoms with Gasteiger partial charge in [-0.05, 0) is 29.7 Å². The molecule has 0 spiro atoms. The van der Waals surface area contributed by atoms with Crippen LogP contribution in [0, 0.1) is 5.92 Å². The highest BCUT2D eigenvalue weighted by molar-refractivity contribution is 7.86. The Kier molecular flexibility index (Phi) is 8.02. The summed E-state index contributed by atoms with van der Waals surface area (Å²) in [6.45, 7) is 0.152. The molecule has 1 unspecified atom stereocenters. The lowest BCUT2D eigenvalue weighted by Crippen LogP contribution is -2.35. The van der Waals surface area contributed by atoms with Gasteiger partial charge in [0.05, 0.1) is 19.3 Å². The third-order valence-electron chi connectivity index (χ3n) is 3.89. The Labute approximate surface area is 169 Å². The van der Waals surface area contributed by atoms with E-state index in [1.165, 1.54) is 19.2 Å². The maximum absolute atomic E-state index is 12.0. The van der Waals surface area contributed by atoms with Crippen LogP contribution in [0.3, 0.4) is 0 Å². The lowest BCUT2D eigenvalue weighted by atomic mass is 9.99. The van der Waals surface area contributed by atoms with E-state index < -0.39 is 28.1 Å². The molecule has 0 bridgehead atoms. The summed E-state index contributed by atoms with van der Waals surface area (Å²) in [5, 5.41) is 2.56. The molecule has 0 fully saturated rings. The first kappa shape index (κ1) is 22.2. The molecule has 0 aromatic heterocycles. The first-order valence-electron chi connectivity index (χ1n) is 8.77. The maximum Gasteiger partial charge on any atom is 0.407 e. The summed E-state index contributed by atoms with van der Waals surface area (Å²) in [5.74, 6) is -0.941. The van der Waals surface area contributed by atoms with Gasteiger partial charge in [-0.25, -0.2) is 4.79 Å². The second kappa shape index (κ2) is 10.5. The molecule has 0 aliphatic rings. The van der Waals surface area contributed by atoms with E-state index in [-0.39, 0.29) is 25.3 Å². The molecule has 8 nitrogen and oxygen atoms in total. The van der Waals surface area contributed by atoms with E-state index in [4.69, 9.17) is 13.7 Å². The number of nitrogens with one attached hydrogen (secondary N) is 1. The molecule has 2 aromatic carbocycles. The van der Waals surface area contributed by atoms with Gasteiger partial charge >= 0.3 is 22.2 Å². The van der Waals surface area contributed by atoms with E-state index in [1.54, 1.807) is 12.1 Å². The van der Waals surface area contributed by atoms with Crippen molar-refractivity contribution in [2.45, 2.75) is 13.0 Å². The monoisotopic (exact) mass is 421 g/mol. The fourth-order valence-corrected chi connectivity index (χ4v) is 2.99. The number of methoxy groups -OCH3 is 1. The molecule has 1 N–H and O–H groups in total. The van der Waals surface area contributed by atoms with Crippen LogP contribution in [0.1, 0.15) is 11.1 Å². The quantitative estimate of drug-likeness (QED) is 0.489. The summed E-state index contributed by atoms with van der Waals surface area (Å²) in [7, 11) is -2.34. The Hall–Kier alpha value is -3.07. The van der Waals surface area contributed by atoms with Gasteiger partial charge in [0, 0.05) is 6.54 Å². The average Bonchev–Trinajstić information content (AvgIpc) is 2.70. The highest BCUT2D eigenvalue weighted by Crippen LogP contribution is 2.17. The van der Waals surface area contributed by atoms with Crippen LogP contribution in [0.15, 0.2) is 54.6 Å². The predicted octanol–water partition coefficient (Wildman–Crippen LogP) is 2.28. The highest BCUT2D eigenvalue weighted by atomic mass is 32.2. The van der Waals surface area contributed by atoms with Crippen molar-refractivity contribution in [1.29, 1.82) is 0 Å². The third-order valence-corrected chi connectivity index (χ3v) is 4.39. The van der Waals surface area contributed by atoms with Gasteiger partial charge < -0.3 is 19.0 Å². The highest BCUT2D eigenvalue weighted by Gasteiger charge is 2.21. The minimum Gasteiger partial charge on any atom is -0.469 e. The largest absolute Gasteiger partial charge is 0.469 e. The molecule has 2 rings (SSSR count). The van der Waals surface area contributed by atoms with Crippen molar-refractivity contribution in [3.63, 3.8) is 0 Å². The SMILES string of the molecule is COC(=O)C(CNC(=O)OCc1ccccc1)Cc1ccc(OS(C)(=O)=O)cc1. The smallest absolute Gasteiger partial charge is 0.407 e. The van der Waals surface area contributed by atoms with E-state index in [9.17, 15) is 18.0 Å². The van der Waals surface area contributed by atoms with Crippen LogP contribution in [0.4, 0.5) is 4.79 Å². The van der Waals surface area contributed by atoms with Crippen LogP contribution < -0.4 is 9.50 Å². The molecule has 0 saturated heterocycles. The van der Waals surface area contributed by atoms with E-state index in [2.05, 4.69) is 5.32 Å². The number of ether oxygens (including phenoxy) is 2. The fourth-order valence-electron chi connectivity index (χ4n) is 2.53. The van der Waals surface area contributed by atoms with Gasteiger partial charge in [-0.3, -0.25) is 4.79 Å². The number of carbonyl (C=O) groups excluding carboxylic acids is 2. The molecule has 29 heavy (non-hydrogen) atoms. The minimum absolute atomic E-state index is 0.0296. The van der Waals surface area contributed by atoms with Crippen LogP contribution in [0.25, 0.3) is 0 Å². The normalized spacial score (nSPS) is 11.9. The zero-order chi connectivity index (χ0) is 21.3. The topological polar surface area (TPSA) is 108 Å². The number of rotatable bonds is 9. The summed E-state index contributed by atoms with van der Waals surface area (Å²) < 4.78 is 37.0. The Morgan fingerprint density at radius 3 is 2.24 bits per heavy atom. The number of hydrogen-bond donors (Lipinski definition) is 1. The van der Waals surface area contributed by atoms with Crippen molar-refractivity contribution in [3.8, 4) is 5.75 Å². The van der Waals surface area contributed by atoms with Gasteiger partial charge in [-0.2, -0.15) is 8.42 Å². The molecule has 2 aromatic rings. The molecule has 0 saturated carbocycles. The maximum atomic E-state index is 12.0. The first-order valence-corrected chi connectivity index (χ1v) is 10.6. The van der Waals surface area contributed by atoms with Crippen molar-refractivity contribution >= 4 is 22.2 Å². The van der Waals surface area contributed by atoms with Gasteiger partial charge in [0.25, 0.3) is 0 Å². The standard InChI is InChI=1S/C20H23NO7S/c1-26-19(22)17(12-15-8-10-18(11-9-15)28-29(2,24)25)13-21-20(23)27-14-16-6-4-3-5-7-16/h3-11,17H,12-14H2,1-2H3,(H,21,23). The van der Waals surface area contributed by atoms with Crippen molar-refractivity contribution < 1.29 is 31.7 Å². The Bertz CT molecular complexity index is 912. The molecular weight excluding hydrogens is 398 g/mol. The molecular formula is C20H23NO7S. The van der Waals surface area contributed by atoms with Crippen LogP contribution in [-0.2, 0) is 37.4 Å². The van der Waals surface area contributed by atoms with Gasteiger partial charge in [-0.1, -0.05) is 42.5 Å². The summed E-state index contributed by atoms with van der Waals surface area (Å²) in [5.41, 5.74) is 1.60. The van der Waals surface area contributed by atoms with Crippen molar-refractivity contribution in [2.75, 3.05) is 19.9 Å². The minimum atomic E-state index is -3.61. The average molecular weight is 421 g/mol. The molecule has 0 radical (unpaired) electrons. The second-order valence-electron chi connectivity index (χ2n) is 6.30. The van der Waals surface area contributed by atoms with Crippen LogP contribution >= 0.6 is 0 Å². The lowest BCUT2D eigenvalue weighted by Gasteiger charge is -2.16. The second-order valence-corrected chi connectivity index (χ2v) is 7.87. The Morgan fingerprint density at radius 1 is 1.00 bits per heavy atom. The van der Waals surface area contributed by atoms with Crippen molar-refractivity contribution in [1.82, 2.24) is 5.32 Å². The summed E-state index contributed by atoms with van der Waals surface area (Å²) in [6, 6.07) is 15.5. The number of alkyl carbamates (subject to hydrolysis) is 1. The third kappa shape index (κ3) is 8.22. The van der Waals surface area contributed by atoms with Gasteiger partial charge in [0.2, 0.25) is 0 Å². The van der Waals surface area contributed by atoms with Crippen LogP contribution in [0.2, 0.25) is 0 Å².